The van der Waals surface area contributed by atoms with Gasteiger partial charge in [0, 0.05) is 31.3 Å². The van der Waals surface area contributed by atoms with E-state index < -0.39 is 11.9 Å². The molecule has 1 aromatic rings. The highest BCUT2D eigenvalue weighted by atomic mass is 16.4. The van der Waals surface area contributed by atoms with Gasteiger partial charge in [0.15, 0.2) is 0 Å². The molecule has 1 aromatic carbocycles. The van der Waals surface area contributed by atoms with Crippen molar-refractivity contribution < 1.29 is 24.6 Å². The van der Waals surface area contributed by atoms with E-state index in [1.807, 2.05) is 30.1 Å². The third-order valence-electron chi connectivity index (χ3n) is 3.99. The predicted octanol–water partition coefficient (Wildman–Crippen LogP) is 1.59. The van der Waals surface area contributed by atoms with Crippen LogP contribution in [0.2, 0.25) is 0 Å². The zero-order valence-corrected chi connectivity index (χ0v) is 15.4. The number of amides is 1. The number of fused-ring (bicyclic) bond motifs is 1. The lowest BCUT2D eigenvalue weighted by Gasteiger charge is -2.21. The minimum atomic E-state index is -1.26. The van der Waals surface area contributed by atoms with E-state index >= 15 is 0 Å². The largest absolute Gasteiger partial charge is 0.478 e. The molecule has 1 atom stereocenters. The molecule has 2 N–H and O–H groups in total. The summed E-state index contributed by atoms with van der Waals surface area (Å²) >= 11 is 0. The first-order valence-electron chi connectivity index (χ1n) is 8.32. The third-order valence-corrected chi connectivity index (χ3v) is 3.99. The van der Waals surface area contributed by atoms with Gasteiger partial charge in [0.25, 0.3) is 5.91 Å². The number of hydrogen-bond donors (Lipinski definition) is 2. The summed E-state index contributed by atoms with van der Waals surface area (Å²) in [5, 5.41) is 15.6. The molecule has 7 nitrogen and oxygen atoms in total. The second-order valence-corrected chi connectivity index (χ2v) is 6.51. The van der Waals surface area contributed by atoms with Gasteiger partial charge in [-0.1, -0.05) is 18.2 Å². The van der Waals surface area contributed by atoms with Crippen LogP contribution in [0.5, 0.6) is 0 Å². The summed E-state index contributed by atoms with van der Waals surface area (Å²) < 4.78 is 0. The van der Waals surface area contributed by atoms with Crippen LogP contribution >= 0.6 is 0 Å². The maximum atomic E-state index is 12.2. The zero-order valence-electron chi connectivity index (χ0n) is 15.4. The zero-order chi connectivity index (χ0) is 19.7. The van der Waals surface area contributed by atoms with Gasteiger partial charge in [-0.25, -0.2) is 9.59 Å². The quantitative estimate of drug-likeness (QED) is 0.772. The van der Waals surface area contributed by atoms with Crippen LogP contribution in [0, 0.1) is 5.92 Å². The van der Waals surface area contributed by atoms with Crippen molar-refractivity contribution in [3.63, 3.8) is 0 Å². The summed E-state index contributed by atoms with van der Waals surface area (Å²) in [5.41, 5.74) is 2.09. The lowest BCUT2D eigenvalue weighted by atomic mass is 9.95. The van der Waals surface area contributed by atoms with Crippen LogP contribution in [0.15, 0.2) is 36.4 Å². The molecule has 142 valence electrons. The van der Waals surface area contributed by atoms with Crippen LogP contribution in [-0.4, -0.2) is 72.1 Å². The summed E-state index contributed by atoms with van der Waals surface area (Å²) in [6.07, 6.45) is 3.27. The topological polar surface area (TPSA) is 98.2 Å². The maximum Gasteiger partial charge on any atom is 0.328 e. The number of benzene rings is 1. The summed E-state index contributed by atoms with van der Waals surface area (Å²) in [5.74, 6) is -1.79. The molecule has 0 aromatic heterocycles. The summed E-state index contributed by atoms with van der Waals surface area (Å²) in [6, 6.07) is 8.02. The van der Waals surface area contributed by atoms with Crippen LogP contribution in [0.1, 0.15) is 22.3 Å². The molecule has 1 heterocycles. The van der Waals surface area contributed by atoms with Crippen molar-refractivity contribution in [2.75, 3.05) is 34.2 Å². The molecule has 0 fully saturated rings. The summed E-state index contributed by atoms with van der Waals surface area (Å²) in [7, 11) is 6.10. The van der Waals surface area contributed by atoms with Gasteiger partial charge >= 0.3 is 11.9 Å². The smallest absolute Gasteiger partial charge is 0.328 e. The molecule has 0 aliphatic carbocycles. The molecule has 1 unspecified atom stereocenters. The molecule has 0 spiro atoms. The van der Waals surface area contributed by atoms with Gasteiger partial charge in [-0.2, -0.15) is 0 Å². The first-order valence-corrected chi connectivity index (χ1v) is 8.32. The Bertz CT molecular complexity index is 654. The van der Waals surface area contributed by atoms with Gasteiger partial charge in [0.2, 0.25) is 0 Å². The summed E-state index contributed by atoms with van der Waals surface area (Å²) in [4.78, 5) is 35.4. The molecule has 7 heteroatoms. The fourth-order valence-corrected chi connectivity index (χ4v) is 2.74. The summed E-state index contributed by atoms with van der Waals surface area (Å²) in [6.45, 7) is 1.94. The van der Waals surface area contributed by atoms with Gasteiger partial charge in [-0.05, 0) is 51.0 Å². The number of aliphatic carboxylic acids is 2. The number of rotatable bonds is 5. The van der Waals surface area contributed by atoms with Crippen LogP contribution in [0.4, 0.5) is 0 Å². The van der Waals surface area contributed by atoms with Crippen LogP contribution < -0.4 is 0 Å². The first kappa shape index (κ1) is 21.4. The Hall–Kier alpha value is -2.67. The standard InChI is InChI=1S/C15H22N2O.C4H4O4/c1-16(2)9-8-12-10-13-6-4-5-7-14(13)15(18)17(3)11-12;5-3(6)1-2-4(7)8/h4-7,12H,8-11H2,1-3H3;1-2H,(H,5,6)(H,7,8). The molecular formula is C19H26N2O5. The molecule has 1 aliphatic heterocycles. The number of carboxylic acid groups (broad SMARTS) is 2. The van der Waals surface area contributed by atoms with E-state index in [0.29, 0.717) is 18.1 Å². The lowest BCUT2D eigenvalue weighted by Crippen LogP contribution is -2.31. The Balaban J connectivity index is 0.000000359. The number of hydrogen-bond acceptors (Lipinski definition) is 4. The Morgan fingerprint density at radius 3 is 2.31 bits per heavy atom. The normalized spacial score (nSPS) is 16.7. The van der Waals surface area contributed by atoms with Crippen molar-refractivity contribution in [1.82, 2.24) is 9.80 Å². The second kappa shape index (κ2) is 10.4. The fraction of sp³-hybridized carbons (Fsp3) is 0.421. The highest BCUT2D eigenvalue weighted by Gasteiger charge is 2.24. The Kier molecular flexibility index (Phi) is 8.51. The average molecular weight is 362 g/mol. The Morgan fingerprint density at radius 1 is 1.19 bits per heavy atom. The van der Waals surface area contributed by atoms with Gasteiger partial charge in [-0.3, -0.25) is 4.79 Å². The highest BCUT2D eigenvalue weighted by molar-refractivity contribution is 5.95. The minimum Gasteiger partial charge on any atom is -0.478 e. The van der Waals surface area contributed by atoms with Gasteiger partial charge in [0.05, 0.1) is 0 Å². The Labute approximate surface area is 153 Å². The number of carbonyl (C=O) groups excluding carboxylic acids is 1. The molecule has 0 bridgehead atoms. The van der Waals surface area contributed by atoms with Crippen LogP contribution in [0.3, 0.4) is 0 Å². The minimum absolute atomic E-state index is 0.165. The van der Waals surface area contributed by atoms with Crippen molar-refractivity contribution in [1.29, 1.82) is 0 Å². The van der Waals surface area contributed by atoms with Gasteiger partial charge in [-0.15, -0.1) is 0 Å². The van der Waals surface area contributed by atoms with Crippen molar-refractivity contribution in [3.8, 4) is 0 Å². The van der Waals surface area contributed by atoms with Crippen molar-refractivity contribution in [2.45, 2.75) is 12.8 Å². The SMILES string of the molecule is CN(C)CCC1Cc2ccccc2C(=O)N(C)C1.O=C(O)C=CC(=O)O. The third kappa shape index (κ3) is 7.48. The molecule has 0 radical (unpaired) electrons. The van der Waals surface area contributed by atoms with Crippen molar-refractivity contribution in [3.05, 3.63) is 47.5 Å². The molecule has 0 saturated carbocycles. The first-order chi connectivity index (χ1) is 12.2. The van der Waals surface area contributed by atoms with Crippen molar-refractivity contribution >= 4 is 17.8 Å². The fourth-order valence-electron chi connectivity index (χ4n) is 2.74. The van der Waals surface area contributed by atoms with E-state index in [-0.39, 0.29) is 5.91 Å². The average Bonchev–Trinajstić information content (AvgIpc) is 2.69. The molecule has 26 heavy (non-hydrogen) atoms. The molecule has 2 rings (SSSR count). The van der Waals surface area contributed by atoms with E-state index in [1.165, 1.54) is 5.56 Å². The highest BCUT2D eigenvalue weighted by Crippen LogP contribution is 2.23. The molecule has 1 amide bonds. The molecule has 0 saturated heterocycles. The van der Waals surface area contributed by atoms with Crippen LogP contribution in [-0.2, 0) is 16.0 Å². The Morgan fingerprint density at radius 2 is 1.77 bits per heavy atom. The predicted molar refractivity (Wildman–Crippen MR) is 98.2 cm³/mol. The van der Waals surface area contributed by atoms with E-state index in [0.717, 1.165) is 31.5 Å². The van der Waals surface area contributed by atoms with E-state index in [2.05, 4.69) is 25.1 Å². The number of carboxylic acids is 2. The number of nitrogens with zero attached hydrogens (tertiary/aromatic N) is 2. The van der Waals surface area contributed by atoms with Crippen LogP contribution in [0.25, 0.3) is 0 Å². The van der Waals surface area contributed by atoms with E-state index in [9.17, 15) is 14.4 Å². The molecular weight excluding hydrogens is 336 g/mol. The second-order valence-electron chi connectivity index (χ2n) is 6.51. The van der Waals surface area contributed by atoms with E-state index in [1.54, 1.807) is 0 Å². The van der Waals surface area contributed by atoms with Gasteiger partial charge < -0.3 is 20.0 Å². The molecule has 1 aliphatic rings. The maximum absolute atomic E-state index is 12.2. The van der Waals surface area contributed by atoms with Gasteiger partial charge in [0.1, 0.15) is 0 Å². The van der Waals surface area contributed by atoms with E-state index in [4.69, 9.17) is 10.2 Å². The lowest BCUT2D eigenvalue weighted by molar-refractivity contribution is -0.134. The van der Waals surface area contributed by atoms with Crippen molar-refractivity contribution in [2.24, 2.45) is 5.92 Å². The number of carbonyl (C=O) groups is 3. The monoisotopic (exact) mass is 362 g/mol.